The molecule has 0 aliphatic rings. The highest BCUT2D eigenvalue weighted by atomic mass is 35.5. The van der Waals surface area contributed by atoms with Gasteiger partial charge in [0.15, 0.2) is 0 Å². The molecule has 0 spiro atoms. The fourth-order valence-corrected chi connectivity index (χ4v) is 2.89. The van der Waals surface area contributed by atoms with E-state index in [1.54, 1.807) is 30.3 Å². The molecule has 0 aliphatic heterocycles. The molecule has 0 aliphatic carbocycles. The first-order valence-corrected chi connectivity index (χ1v) is 7.91. The zero-order valence-electron chi connectivity index (χ0n) is 12.7. The van der Waals surface area contributed by atoms with Gasteiger partial charge in [0.25, 0.3) is 5.56 Å². The Morgan fingerprint density at radius 1 is 1.17 bits per heavy atom. The maximum Gasteiger partial charge on any atom is 0.261 e. The summed E-state index contributed by atoms with van der Waals surface area (Å²) in [5.41, 5.74) is 1.59. The molecule has 0 saturated carbocycles. The largest absolute Gasteiger partial charge is 0.322 e. The van der Waals surface area contributed by atoms with Crippen molar-refractivity contribution in [2.75, 3.05) is 5.32 Å². The molecule has 24 heavy (non-hydrogen) atoms. The minimum atomic E-state index is -0.416. The van der Waals surface area contributed by atoms with Gasteiger partial charge in [0, 0.05) is 0 Å². The molecule has 3 aromatic rings. The maximum atomic E-state index is 12.5. The highest BCUT2D eigenvalue weighted by molar-refractivity contribution is 6.39. The van der Waals surface area contributed by atoms with Crippen molar-refractivity contribution in [3.8, 4) is 0 Å². The fourth-order valence-electron chi connectivity index (χ4n) is 2.40. The number of hydrogen-bond donors (Lipinski definition) is 1. The van der Waals surface area contributed by atoms with Gasteiger partial charge in [-0.1, -0.05) is 41.4 Å². The standard InChI is InChI=1S/C17H13Cl2N3O2/c1-10-4-2-5-11-15(10)20-9-22(17(11)24)8-14(23)21-16-12(18)6-3-7-13(16)19/h2-7,9H,8H2,1H3,(H,21,23). The van der Waals surface area contributed by atoms with Gasteiger partial charge in [0.05, 0.1) is 33.0 Å². The molecule has 1 heterocycles. The summed E-state index contributed by atoms with van der Waals surface area (Å²) >= 11 is 12.0. The van der Waals surface area contributed by atoms with E-state index in [1.807, 2.05) is 13.0 Å². The van der Waals surface area contributed by atoms with Crippen molar-refractivity contribution < 1.29 is 4.79 Å². The van der Waals surface area contributed by atoms with Gasteiger partial charge in [-0.2, -0.15) is 0 Å². The van der Waals surface area contributed by atoms with Crippen LogP contribution in [0.2, 0.25) is 10.0 Å². The van der Waals surface area contributed by atoms with Crippen LogP contribution >= 0.6 is 23.2 Å². The molecule has 122 valence electrons. The van der Waals surface area contributed by atoms with Crippen molar-refractivity contribution in [3.63, 3.8) is 0 Å². The number of benzene rings is 2. The van der Waals surface area contributed by atoms with Crippen LogP contribution in [0.1, 0.15) is 5.56 Å². The first kappa shape index (κ1) is 16.5. The smallest absolute Gasteiger partial charge is 0.261 e. The molecule has 0 unspecified atom stereocenters. The highest BCUT2D eigenvalue weighted by Gasteiger charge is 2.12. The van der Waals surface area contributed by atoms with Gasteiger partial charge in [0.1, 0.15) is 6.54 Å². The van der Waals surface area contributed by atoms with E-state index in [-0.39, 0.29) is 12.1 Å². The Morgan fingerprint density at radius 2 is 1.83 bits per heavy atom. The molecule has 0 radical (unpaired) electrons. The van der Waals surface area contributed by atoms with Crippen molar-refractivity contribution in [3.05, 3.63) is 68.7 Å². The van der Waals surface area contributed by atoms with Gasteiger partial charge >= 0.3 is 0 Å². The Kier molecular flexibility index (Phi) is 4.55. The Morgan fingerprint density at radius 3 is 2.54 bits per heavy atom. The van der Waals surface area contributed by atoms with Crippen LogP contribution < -0.4 is 10.9 Å². The van der Waals surface area contributed by atoms with Crippen molar-refractivity contribution in [1.82, 2.24) is 9.55 Å². The van der Waals surface area contributed by atoms with Gasteiger partial charge in [0.2, 0.25) is 5.91 Å². The molecule has 3 rings (SSSR count). The predicted molar refractivity (Wildman–Crippen MR) is 95.8 cm³/mol. The number of para-hydroxylation sites is 2. The summed E-state index contributed by atoms with van der Waals surface area (Å²) in [6, 6.07) is 10.3. The van der Waals surface area contributed by atoms with E-state index in [9.17, 15) is 9.59 Å². The van der Waals surface area contributed by atoms with Crippen molar-refractivity contribution in [1.29, 1.82) is 0 Å². The molecule has 2 aromatic carbocycles. The van der Waals surface area contributed by atoms with E-state index in [4.69, 9.17) is 23.2 Å². The zero-order valence-corrected chi connectivity index (χ0v) is 14.2. The first-order chi connectivity index (χ1) is 11.5. The van der Waals surface area contributed by atoms with Gasteiger partial charge in [-0.25, -0.2) is 4.98 Å². The molecule has 0 atom stereocenters. The lowest BCUT2D eigenvalue weighted by molar-refractivity contribution is -0.116. The van der Waals surface area contributed by atoms with E-state index in [1.165, 1.54) is 10.9 Å². The van der Waals surface area contributed by atoms with Crippen LogP contribution in [0.15, 0.2) is 47.5 Å². The number of carbonyl (C=O) groups is 1. The molecule has 5 nitrogen and oxygen atoms in total. The average molecular weight is 362 g/mol. The third kappa shape index (κ3) is 3.13. The minimum Gasteiger partial charge on any atom is -0.322 e. The van der Waals surface area contributed by atoms with Crippen LogP contribution in [0.4, 0.5) is 5.69 Å². The fraction of sp³-hybridized carbons (Fsp3) is 0.118. The molecule has 0 bridgehead atoms. The molecule has 7 heteroatoms. The number of carbonyl (C=O) groups excluding carboxylic acids is 1. The normalized spacial score (nSPS) is 10.8. The second kappa shape index (κ2) is 6.63. The summed E-state index contributed by atoms with van der Waals surface area (Å²) in [6.45, 7) is 1.70. The number of hydrogen-bond acceptors (Lipinski definition) is 3. The van der Waals surface area contributed by atoms with Crippen molar-refractivity contribution in [2.24, 2.45) is 0 Å². The summed E-state index contributed by atoms with van der Waals surface area (Å²) in [7, 11) is 0. The summed E-state index contributed by atoms with van der Waals surface area (Å²) in [6.07, 6.45) is 1.37. The van der Waals surface area contributed by atoms with Gasteiger partial charge in [-0.3, -0.25) is 14.2 Å². The summed E-state index contributed by atoms with van der Waals surface area (Å²) < 4.78 is 1.25. The lowest BCUT2D eigenvalue weighted by atomic mass is 10.1. The first-order valence-electron chi connectivity index (χ1n) is 7.16. The highest BCUT2D eigenvalue weighted by Crippen LogP contribution is 2.29. The third-order valence-corrected chi connectivity index (χ3v) is 4.23. The number of nitrogens with one attached hydrogen (secondary N) is 1. The lowest BCUT2D eigenvalue weighted by Gasteiger charge is -2.11. The van der Waals surface area contributed by atoms with Gasteiger partial charge < -0.3 is 5.32 Å². The van der Waals surface area contributed by atoms with E-state index in [0.29, 0.717) is 26.6 Å². The third-order valence-electron chi connectivity index (χ3n) is 3.60. The number of amides is 1. The number of aryl methyl sites for hydroxylation is 1. The van der Waals surface area contributed by atoms with Crippen molar-refractivity contribution in [2.45, 2.75) is 13.5 Å². The maximum absolute atomic E-state index is 12.5. The number of halogens is 2. The van der Waals surface area contributed by atoms with Crippen LogP contribution in [0.3, 0.4) is 0 Å². The topological polar surface area (TPSA) is 64.0 Å². The van der Waals surface area contributed by atoms with E-state index < -0.39 is 5.91 Å². The molecule has 1 aromatic heterocycles. The molecule has 1 N–H and O–H groups in total. The summed E-state index contributed by atoms with van der Waals surface area (Å²) in [4.78, 5) is 29.0. The minimum absolute atomic E-state index is 0.183. The quantitative estimate of drug-likeness (QED) is 0.774. The van der Waals surface area contributed by atoms with Crippen LogP contribution in [0.25, 0.3) is 10.9 Å². The number of fused-ring (bicyclic) bond motifs is 1. The zero-order chi connectivity index (χ0) is 17.3. The number of anilines is 1. The number of aromatic nitrogens is 2. The van der Waals surface area contributed by atoms with Crippen molar-refractivity contribution >= 4 is 45.7 Å². The molecular weight excluding hydrogens is 349 g/mol. The summed E-state index contributed by atoms with van der Waals surface area (Å²) in [5.74, 6) is -0.416. The van der Waals surface area contributed by atoms with Crippen LogP contribution in [-0.4, -0.2) is 15.5 Å². The molecule has 1 amide bonds. The molecule has 0 fully saturated rings. The summed E-state index contributed by atoms with van der Waals surface area (Å²) in [5, 5.41) is 3.75. The van der Waals surface area contributed by atoms with E-state index >= 15 is 0 Å². The second-order valence-electron chi connectivity index (χ2n) is 5.29. The number of rotatable bonds is 3. The molecular formula is C17H13Cl2N3O2. The van der Waals surface area contributed by atoms with E-state index in [0.717, 1.165) is 5.56 Å². The average Bonchev–Trinajstić information content (AvgIpc) is 2.54. The Bertz CT molecular complexity index is 979. The second-order valence-corrected chi connectivity index (χ2v) is 6.11. The Balaban J connectivity index is 1.89. The van der Waals surface area contributed by atoms with Gasteiger partial charge in [-0.05, 0) is 30.7 Å². The lowest BCUT2D eigenvalue weighted by Crippen LogP contribution is -2.28. The number of nitrogens with zero attached hydrogens (tertiary/aromatic N) is 2. The van der Waals surface area contributed by atoms with E-state index in [2.05, 4.69) is 10.3 Å². The monoisotopic (exact) mass is 361 g/mol. The van der Waals surface area contributed by atoms with Crippen LogP contribution in [-0.2, 0) is 11.3 Å². The Labute approximate surface area is 147 Å². The van der Waals surface area contributed by atoms with Crippen LogP contribution in [0, 0.1) is 6.92 Å². The van der Waals surface area contributed by atoms with Crippen LogP contribution in [0.5, 0.6) is 0 Å². The SMILES string of the molecule is Cc1cccc2c(=O)n(CC(=O)Nc3c(Cl)cccc3Cl)cnc12. The molecule has 0 saturated heterocycles. The Hall–Kier alpha value is -2.37. The van der Waals surface area contributed by atoms with Gasteiger partial charge in [-0.15, -0.1) is 0 Å². The predicted octanol–water partition coefficient (Wildman–Crippen LogP) is 3.65.